The van der Waals surface area contributed by atoms with Crippen LogP contribution in [0.25, 0.3) is 0 Å². The van der Waals surface area contributed by atoms with Crippen molar-refractivity contribution in [2.75, 3.05) is 20.0 Å². The van der Waals surface area contributed by atoms with Crippen molar-refractivity contribution in [3.63, 3.8) is 0 Å². The van der Waals surface area contributed by atoms with Crippen molar-refractivity contribution in [2.45, 2.75) is 43.0 Å². The molecule has 0 amide bonds. The van der Waals surface area contributed by atoms with Crippen LogP contribution in [0.1, 0.15) is 47.6 Å². The normalized spacial score (nSPS) is 19.1. The number of fused-ring (bicyclic) bond motifs is 1. The standard InChI is InChI=1S/C27H25FN4O4S/c1-34-17-8-9-20(28)18(11-17)23-19(13-30)25(31)36-22(24(23)27(33)35-2)14-37-26-16(12-29)10-15-6-4-3-5-7-21(15)32-26/h8-11,19,23,31H,3-7,14H2,1-2H3. The smallest absolute Gasteiger partial charge is 0.337 e. The number of ether oxygens (including phenoxy) is 3. The lowest BCUT2D eigenvalue weighted by Gasteiger charge is -2.31. The van der Waals surface area contributed by atoms with Gasteiger partial charge in [0.05, 0.1) is 37.2 Å². The summed E-state index contributed by atoms with van der Waals surface area (Å²) in [5, 5.41) is 28.4. The summed E-state index contributed by atoms with van der Waals surface area (Å²) in [7, 11) is 2.60. The Bertz CT molecular complexity index is 1360. The Labute approximate surface area is 218 Å². The monoisotopic (exact) mass is 520 g/mol. The number of hydrogen-bond acceptors (Lipinski definition) is 9. The number of pyridine rings is 1. The number of esters is 1. The molecule has 0 saturated carbocycles. The molecule has 1 aliphatic heterocycles. The molecular weight excluding hydrogens is 495 g/mol. The minimum absolute atomic E-state index is 0.0164. The van der Waals surface area contributed by atoms with Crippen molar-refractivity contribution in [3.05, 3.63) is 63.8 Å². The molecule has 2 unspecified atom stereocenters. The van der Waals surface area contributed by atoms with Crippen LogP contribution in [0, 0.1) is 39.8 Å². The molecule has 0 fully saturated rings. The summed E-state index contributed by atoms with van der Waals surface area (Å²) in [6, 6.07) is 10.0. The summed E-state index contributed by atoms with van der Waals surface area (Å²) in [4.78, 5) is 17.7. The molecule has 0 radical (unpaired) electrons. The van der Waals surface area contributed by atoms with Gasteiger partial charge in [-0.15, -0.1) is 0 Å². The van der Waals surface area contributed by atoms with Crippen LogP contribution in [0.4, 0.5) is 4.39 Å². The molecule has 2 atom stereocenters. The highest BCUT2D eigenvalue weighted by atomic mass is 32.2. The quantitative estimate of drug-likeness (QED) is 0.326. The Hall–Kier alpha value is -3.89. The van der Waals surface area contributed by atoms with Gasteiger partial charge in [0.2, 0.25) is 5.90 Å². The lowest BCUT2D eigenvalue weighted by atomic mass is 9.78. The second-order valence-electron chi connectivity index (χ2n) is 8.67. The lowest BCUT2D eigenvalue weighted by molar-refractivity contribution is -0.136. The largest absolute Gasteiger partial charge is 0.497 e. The van der Waals surface area contributed by atoms with E-state index < -0.39 is 29.5 Å². The van der Waals surface area contributed by atoms with Crippen LogP contribution in [0.2, 0.25) is 0 Å². The molecule has 1 aromatic carbocycles. The van der Waals surface area contributed by atoms with E-state index in [2.05, 4.69) is 6.07 Å². The zero-order valence-corrected chi connectivity index (χ0v) is 21.3. The maximum absolute atomic E-state index is 15.0. The third-order valence-electron chi connectivity index (χ3n) is 6.52. The number of nitriles is 2. The fourth-order valence-electron chi connectivity index (χ4n) is 4.67. The van der Waals surface area contributed by atoms with Crippen LogP contribution in [0.5, 0.6) is 5.75 Å². The van der Waals surface area contributed by atoms with Crippen molar-refractivity contribution >= 4 is 23.6 Å². The number of nitrogens with one attached hydrogen (secondary N) is 1. The van der Waals surface area contributed by atoms with Gasteiger partial charge in [-0.05, 0) is 55.5 Å². The number of methoxy groups -OCH3 is 2. The number of thioether (sulfide) groups is 1. The summed E-state index contributed by atoms with van der Waals surface area (Å²) in [6.45, 7) is 0. The van der Waals surface area contributed by atoms with Gasteiger partial charge in [-0.1, -0.05) is 18.2 Å². The topological polar surface area (TPSA) is 129 Å². The molecular formula is C27H25FN4O4S. The highest BCUT2D eigenvalue weighted by Crippen LogP contribution is 2.43. The molecule has 1 N–H and O–H groups in total. The summed E-state index contributed by atoms with van der Waals surface area (Å²) < 4.78 is 30.9. The number of aryl methyl sites for hydroxylation is 2. The van der Waals surface area contributed by atoms with E-state index in [0.717, 1.165) is 43.4 Å². The summed E-state index contributed by atoms with van der Waals surface area (Å²) in [5.74, 6) is -3.87. The number of aromatic nitrogens is 1. The van der Waals surface area contributed by atoms with Gasteiger partial charge in [0.1, 0.15) is 34.3 Å². The average Bonchev–Trinajstić information content (AvgIpc) is 3.15. The molecule has 0 bridgehead atoms. The molecule has 1 aromatic heterocycles. The predicted octanol–water partition coefficient (Wildman–Crippen LogP) is 4.82. The van der Waals surface area contributed by atoms with E-state index in [0.29, 0.717) is 16.3 Å². The fraction of sp³-hybridized carbons (Fsp3) is 0.370. The van der Waals surface area contributed by atoms with Gasteiger partial charge in [-0.2, -0.15) is 10.5 Å². The Morgan fingerprint density at radius 1 is 1.24 bits per heavy atom. The third-order valence-corrected chi connectivity index (χ3v) is 7.51. The van der Waals surface area contributed by atoms with Crippen molar-refractivity contribution < 1.29 is 23.4 Å². The minimum Gasteiger partial charge on any atom is -0.497 e. The van der Waals surface area contributed by atoms with E-state index in [9.17, 15) is 15.3 Å². The van der Waals surface area contributed by atoms with Gasteiger partial charge in [0.15, 0.2) is 0 Å². The van der Waals surface area contributed by atoms with Gasteiger partial charge in [-0.3, -0.25) is 5.41 Å². The molecule has 4 rings (SSSR count). The van der Waals surface area contributed by atoms with Gasteiger partial charge in [0, 0.05) is 17.2 Å². The highest BCUT2D eigenvalue weighted by Gasteiger charge is 2.43. The van der Waals surface area contributed by atoms with Crippen LogP contribution in [0.15, 0.2) is 40.6 Å². The van der Waals surface area contributed by atoms with E-state index in [1.54, 1.807) is 0 Å². The molecule has 8 nitrogen and oxygen atoms in total. The molecule has 2 aromatic rings. The third kappa shape index (κ3) is 5.30. The molecule has 10 heteroatoms. The summed E-state index contributed by atoms with van der Waals surface area (Å²) >= 11 is 1.19. The minimum atomic E-state index is -1.26. The Balaban J connectivity index is 1.78. The first-order valence-corrected chi connectivity index (χ1v) is 12.8. The molecule has 2 heterocycles. The number of rotatable bonds is 6. The molecule has 1 aliphatic carbocycles. The second kappa shape index (κ2) is 11.4. The number of nitrogens with zero attached hydrogens (tertiary/aromatic N) is 3. The van der Waals surface area contributed by atoms with E-state index in [-0.39, 0.29) is 22.6 Å². The first-order chi connectivity index (χ1) is 17.9. The summed E-state index contributed by atoms with van der Waals surface area (Å²) in [5.41, 5.74) is 2.41. The molecule has 0 saturated heterocycles. The van der Waals surface area contributed by atoms with E-state index in [4.69, 9.17) is 24.6 Å². The van der Waals surface area contributed by atoms with Crippen LogP contribution < -0.4 is 4.74 Å². The average molecular weight is 521 g/mol. The second-order valence-corrected chi connectivity index (χ2v) is 9.64. The fourth-order valence-corrected chi connectivity index (χ4v) is 5.59. The Morgan fingerprint density at radius 2 is 2.03 bits per heavy atom. The first-order valence-electron chi connectivity index (χ1n) is 11.8. The molecule has 2 aliphatic rings. The first kappa shape index (κ1) is 26.2. The van der Waals surface area contributed by atoms with Crippen LogP contribution in [0.3, 0.4) is 0 Å². The lowest BCUT2D eigenvalue weighted by Crippen LogP contribution is -2.34. The van der Waals surface area contributed by atoms with E-state index >= 15 is 4.39 Å². The Morgan fingerprint density at radius 3 is 2.73 bits per heavy atom. The number of benzene rings is 1. The molecule has 190 valence electrons. The van der Waals surface area contributed by atoms with Crippen LogP contribution >= 0.6 is 11.8 Å². The number of halogens is 1. The van der Waals surface area contributed by atoms with Crippen molar-refractivity contribution in [2.24, 2.45) is 5.92 Å². The molecule has 0 spiro atoms. The zero-order valence-electron chi connectivity index (χ0n) is 20.5. The highest BCUT2D eigenvalue weighted by molar-refractivity contribution is 7.99. The van der Waals surface area contributed by atoms with Gasteiger partial charge >= 0.3 is 5.97 Å². The number of carbonyl (C=O) groups excluding carboxylic acids is 1. The SMILES string of the molecule is COC(=O)C1=C(CSc2nc3c(cc2C#N)CCCCC3)OC(=N)C(C#N)C1c1cc(OC)ccc1F. The van der Waals surface area contributed by atoms with Crippen LogP contribution in [-0.4, -0.2) is 36.8 Å². The van der Waals surface area contributed by atoms with Gasteiger partial charge in [-0.25, -0.2) is 14.2 Å². The van der Waals surface area contributed by atoms with E-state index in [1.807, 2.05) is 12.1 Å². The van der Waals surface area contributed by atoms with Crippen molar-refractivity contribution in [3.8, 4) is 17.9 Å². The maximum Gasteiger partial charge on any atom is 0.337 e. The maximum atomic E-state index is 15.0. The summed E-state index contributed by atoms with van der Waals surface area (Å²) in [6.07, 6.45) is 4.89. The van der Waals surface area contributed by atoms with Gasteiger partial charge in [0.25, 0.3) is 0 Å². The van der Waals surface area contributed by atoms with Crippen molar-refractivity contribution in [1.82, 2.24) is 4.98 Å². The Kier molecular flexibility index (Phi) is 8.10. The number of hydrogen-bond donors (Lipinski definition) is 1. The molecule has 37 heavy (non-hydrogen) atoms. The van der Waals surface area contributed by atoms with Crippen LogP contribution in [-0.2, 0) is 27.1 Å². The zero-order chi connectivity index (χ0) is 26.5. The van der Waals surface area contributed by atoms with E-state index in [1.165, 1.54) is 44.2 Å². The van der Waals surface area contributed by atoms with Gasteiger partial charge < -0.3 is 14.2 Å². The number of carbonyl (C=O) groups is 1. The predicted molar refractivity (Wildman–Crippen MR) is 134 cm³/mol. The van der Waals surface area contributed by atoms with Crippen molar-refractivity contribution in [1.29, 1.82) is 15.9 Å².